The van der Waals surface area contributed by atoms with Crippen LogP contribution in [0.25, 0.3) is 0 Å². The van der Waals surface area contributed by atoms with Gasteiger partial charge >= 0.3 is 0 Å². The Labute approximate surface area is 153 Å². The van der Waals surface area contributed by atoms with E-state index >= 15 is 0 Å². The maximum atomic E-state index is 10.2. The fourth-order valence-electron chi connectivity index (χ4n) is 2.49. The molecule has 0 spiro atoms. The molecule has 1 fully saturated rings. The highest BCUT2D eigenvalue weighted by Crippen LogP contribution is 2.21. The normalized spacial score (nSPS) is 18.3. The molecule has 1 atom stereocenters. The number of allylic oxidation sites excluding steroid dienone is 3. The van der Waals surface area contributed by atoms with Crippen molar-refractivity contribution in [1.29, 1.82) is 0 Å². The van der Waals surface area contributed by atoms with Crippen LogP contribution in [0.1, 0.15) is 18.8 Å². The summed E-state index contributed by atoms with van der Waals surface area (Å²) in [6.07, 6.45) is 6.38. The van der Waals surface area contributed by atoms with Gasteiger partial charge in [-0.15, -0.1) is 11.8 Å². The monoisotopic (exact) mass is 365 g/mol. The molecule has 4 N–H and O–H groups in total. The Morgan fingerprint density at radius 1 is 1.44 bits per heavy atom. The standard InChI is InChI=1S/C17H27N5O2S/c1-12(22-9-7-21(3)8-10-22)5-6-15(25-4)13(2)19-16(23)14-11-24-17(18)20-14/h5-6,11,16,19,23H,1,7-10H2,2-4H3,(H2,18,20)/b6-5-,15-13-. The second-order valence-electron chi connectivity index (χ2n) is 5.97. The highest BCUT2D eigenvalue weighted by molar-refractivity contribution is 8.02. The highest BCUT2D eigenvalue weighted by atomic mass is 32.2. The first-order valence-corrected chi connectivity index (χ1v) is 9.34. The van der Waals surface area contributed by atoms with Gasteiger partial charge in [-0.25, -0.2) is 0 Å². The lowest BCUT2D eigenvalue weighted by Crippen LogP contribution is -2.43. The zero-order chi connectivity index (χ0) is 18.4. The van der Waals surface area contributed by atoms with E-state index in [4.69, 9.17) is 10.2 Å². The second-order valence-corrected chi connectivity index (χ2v) is 6.81. The van der Waals surface area contributed by atoms with Gasteiger partial charge in [0.25, 0.3) is 6.01 Å². The molecular weight excluding hydrogens is 338 g/mol. The third-order valence-electron chi connectivity index (χ3n) is 4.10. The lowest BCUT2D eigenvalue weighted by molar-refractivity contribution is 0.147. The summed E-state index contributed by atoms with van der Waals surface area (Å²) in [7, 11) is 2.13. The fourth-order valence-corrected chi connectivity index (χ4v) is 3.06. The van der Waals surface area contributed by atoms with Gasteiger partial charge in [0.2, 0.25) is 0 Å². The van der Waals surface area contributed by atoms with Crippen LogP contribution in [0.15, 0.2) is 45.7 Å². The van der Waals surface area contributed by atoms with Gasteiger partial charge in [-0.3, -0.25) is 0 Å². The number of hydrogen-bond acceptors (Lipinski definition) is 8. The zero-order valence-electron chi connectivity index (χ0n) is 15.0. The Morgan fingerprint density at radius 2 is 2.12 bits per heavy atom. The number of nitrogens with two attached hydrogens (primary N) is 1. The minimum atomic E-state index is -0.975. The van der Waals surface area contributed by atoms with Crippen LogP contribution in [0.2, 0.25) is 0 Å². The molecule has 0 bridgehead atoms. The van der Waals surface area contributed by atoms with Crippen LogP contribution >= 0.6 is 11.8 Å². The zero-order valence-corrected chi connectivity index (χ0v) is 15.8. The van der Waals surface area contributed by atoms with Crippen molar-refractivity contribution >= 4 is 17.8 Å². The van der Waals surface area contributed by atoms with Gasteiger partial charge in [0.15, 0.2) is 6.23 Å². The number of oxazole rings is 1. The first-order chi connectivity index (χ1) is 11.9. The number of anilines is 1. The molecule has 25 heavy (non-hydrogen) atoms. The number of nitrogens with one attached hydrogen (secondary N) is 1. The third-order valence-corrected chi connectivity index (χ3v) is 4.98. The maximum absolute atomic E-state index is 10.2. The molecule has 0 aliphatic carbocycles. The molecule has 2 rings (SSSR count). The summed E-state index contributed by atoms with van der Waals surface area (Å²) in [5.74, 6) is 0. The molecule has 1 saturated heterocycles. The van der Waals surface area contributed by atoms with E-state index in [0.717, 1.165) is 42.5 Å². The number of likely N-dealkylation sites (N-methyl/N-ethyl adjacent to an activating group) is 1. The topological polar surface area (TPSA) is 90.8 Å². The molecule has 0 radical (unpaired) electrons. The van der Waals surface area contributed by atoms with Crippen LogP contribution in [0, 0.1) is 0 Å². The van der Waals surface area contributed by atoms with E-state index < -0.39 is 6.23 Å². The van der Waals surface area contributed by atoms with Gasteiger partial charge in [0, 0.05) is 42.5 Å². The first-order valence-electron chi connectivity index (χ1n) is 8.11. The van der Waals surface area contributed by atoms with Crippen LogP contribution in [0.4, 0.5) is 6.01 Å². The predicted octanol–water partition coefficient (Wildman–Crippen LogP) is 1.75. The third kappa shape index (κ3) is 5.55. The Kier molecular flexibility index (Phi) is 6.98. The van der Waals surface area contributed by atoms with Crippen LogP contribution < -0.4 is 11.1 Å². The van der Waals surface area contributed by atoms with Gasteiger partial charge in [-0.2, -0.15) is 4.98 Å². The van der Waals surface area contributed by atoms with Gasteiger partial charge in [0.1, 0.15) is 12.0 Å². The van der Waals surface area contributed by atoms with Crippen LogP contribution in [-0.2, 0) is 0 Å². The Hall–Kier alpha value is -1.90. The van der Waals surface area contributed by atoms with Crippen LogP contribution in [0.3, 0.4) is 0 Å². The van der Waals surface area contributed by atoms with Crippen molar-refractivity contribution in [2.24, 2.45) is 0 Å². The van der Waals surface area contributed by atoms with Crippen molar-refractivity contribution in [3.05, 3.63) is 47.0 Å². The summed E-state index contributed by atoms with van der Waals surface area (Å²) >= 11 is 1.59. The molecule has 8 heteroatoms. The van der Waals surface area contributed by atoms with Crippen molar-refractivity contribution in [1.82, 2.24) is 20.1 Å². The summed E-state index contributed by atoms with van der Waals surface area (Å²) in [6, 6.07) is 0.0333. The second kappa shape index (κ2) is 8.98. The Morgan fingerprint density at radius 3 is 2.68 bits per heavy atom. The van der Waals surface area contributed by atoms with Crippen molar-refractivity contribution < 1.29 is 9.52 Å². The van der Waals surface area contributed by atoms with Crippen LogP contribution in [-0.4, -0.2) is 59.4 Å². The van der Waals surface area contributed by atoms with Gasteiger partial charge in [-0.1, -0.05) is 6.58 Å². The van der Waals surface area contributed by atoms with Gasteiger partial charge in [-0.05, 0) is 32.4 Å². The molecule has 1 aromatic rings. The molecule has 0 amide bonds. The van der Waals surface area contributed by atoms with E-state index in [1.807, 2.05) is 25.3 Å². The number of piperazine rings is 1. The molecule has 1 aliphatic rings. The largest absolute Gasteiger partial charge is 0.432 e. The van der Waals surface area contributed by atoms with Gasteiger partial charge in [0.05, 0.1) is 0 Å². The highest BCUT2D eigenvalue weighted by Gasteiger charge is 2.15. The summed E-state index contributed by atoms with van der Waals surface area (Å²) in [5.41, 5.74) is 7.62. The number of nitrogens with zero attached hydrogens (tertiary/aromatic N) is 3. The Balaban J connectivity index is 1.98. The minimum absolute atomic E-state index is 0.0333. The number of aromatic nitrogens is 1. The molecule has 1 aliphatic heterocycles. The van der Waals surface area contributed by atoms with Crippen LogP contribution in [0.5, 0.6) is 0 Å². The molecule has 7 nitrogen and oxygen atoms in total. The summed E-state index contributed by atoms with van der Waals surface area (Å²) < 4.78 is 4.92. The van der Waals surface area contributed by atoms with Crippen molar-refractivity contribution in [2.45, 2.75) is 13.2 Å². The predicted molar refractivity (Wildman–Crippen MR) is 103 cm³/mol. The first kappa shape index (κ1) is 19.4. The van der Waals surface area contributed by atoms with Crippen molar-refractivity contribution in [2.75, 3.05) is 45.2 Å². The minimum Gasteiger partial charge on any atom is -0.432 e. The molecule has 1 aromatic heterocycles. The number of aliphatic hydroxyl groups excluding tert-OH is 1. The average Bonchev–Trinajstić information content (AvgIpc) is 3.02. The number of nitrogen functional groups attached to an aromatic ring is 1. The molecular formula is C17H27N5O2S. The van der Waals surface area contributed by atoms with E-state index in [0.29, 0.717) is 5.69 Å². The fraction of sp³-hybridized carbons (Fsp3) is 0.471. The lowest BCUT2D eigenvalue weighted by atomic mass is 10.2. The maximum Gasteiger partial charge on any atom is 0.292 e. The van der Waals surface area contributed by atoms with Crippen molar-refractivity contribution in [3.63, 3.8) is 0 Å². The quantitative estimate of drug-likeness (QED) is 0.497. The van der Waals surface area contributed by atoms with Gasteiger partial charge < -0.3 is 30.4 Å². The van der Waals surface area contributed by atoms with Crippen molar-refractivity contribution in [3.8, 4) is 0 Å². The molecule has 2 heterocycles. The summed E-state index contributed by atoms with van der Waals surface area (Å²) in [6.45, 7) is 10.1. The number of thioether (sulfide) groups is 1. The van der Waals surface area contributed by atoms with E-state index in [1.54, 1.807) is 11.8 Å². The van der Waals surface area contributed by atoms with E-state index in [-0.39, 0.29) is 6.01 Å². The van der Waals surface area contributed by atoms with E-state index in [9.17, 15) is 5.11 Å². The molecule has 0 aromatic carbocycles. The lowest BCUT2D eigenvalue weighted by Gasteiger charge is -2.34. The number of hydrogen-bond donors (Lipinski definition) is 3. The SMILES string of the molecule is C=C(/C=C\C(SC)=C(/C)NC(O)c1coc(N)n1)N1CCN(C)CC1. The summed E-state index contributed by atoms with van der Waals surface area (Å²) in [4.78, 5) is 9.52. The average molecular weight is 366 g/mol. The molecule has 0 saturated carbocycles. The smallest absolute Gasteiger partial charge is 0.292 e. The molecule has 1 unspecified atom stereocenters. The number of aliphatic hydroxyl groups is 1. The number of rotatable bonds is 7. The molecule has 138 valence electrons. The van der Waals surface area contributed by atoms with E-state index in [1.165, 1.54) is 6.26 Å². The Bertz CT molecular complexity index is 647. The summed E-state index contributed by atoms with van der Waals surface area (Å²) in [5, 5.41) is 13.2. The van der Waals surface area contributed by atoms with E-state index in [2.05, 4.69) is 33.7 Å².